The molecule has 2 aromatic heterocycles. The van der Waals surface area contributed by atoms with Gasteiger partial charge in [-0.15, -0.1) is 0 Å². The summed E-state index contributed by atoms with van der Waals surface area (Å²) < 4.78 is 1.62. The Labute approximate surface area is 125 Å². The van der Waals surface area contributed by atoms with Crippen molar-refractivity contribution in [2.24, 2.45) is 0 Å². The lowest BCUT2D eigenvalue weighted by molar-refractivity contribution is 0.0691. The second kappa shape index (κ2) is 7.44. The first-order valence-corrected chi connectivity index (χ1v) is 7.37. The van der Waals surface area contributed by atoms with Crippen molar-refractivity contribution < 1.29 is 14.7 Å². The van der Waals surface area contributed by atoms with E-state index >= 15 is 0 Å². The highest BCUT2D eigenvalue weighted by atomic mass is 32.1. The standard InChI is InChI=1S/C13H16N4O3S/c18-12(19)11-7-17(9-16-11)5-4-15-13(20)14-3-1-10-2-6-21-8-10/h2,6-9H,1,3-5H2,(H,18,19)(H2,14,15,20). The zero-order valence-corrected chi connectivity index (χ0v) is 12.1. The Hall–Kier alpha value is -2.35. The Balaban J connectivity index is 1.61. The molecular formula is C13H16N4O3S. The molecule has 2 amide bonds. The van der Waals surface area contributed by atoms with Crippen LogP contribution in [0.1, 0.15) is 16.1 Å². The molecule has 0 unspecified atom stereocenters. The van der Waals surface area contributed by atoms with Crippen molar-refractivity contribution >= 4 is 23.3 Å². The number of hydrogen-bond donors (Lipinski definition) is 3. The third-order valence-electron chi connectivity index (χ3n) is 2.79. The van der Waals surface area contributed by atoms with Gasteiger partial charge in [-0.3, -0.25) is 0 Å². The van der Waals surface area contributed by atoms with Crippen LogP contribution >= 0.6 is 11.3 Å². The van der Waals surface area contributed by atoms with Crippen LogP contribution in [0.5, 0.6) is 0 Å². The number of aromatic nitrogens is 2. The lowest BCUT2D eigenvalue weighted by atomic mass is 10.2. The van der Waals surface area contributed by atoms with Crippen LogP contribution in [-0.2, 0) is 13.0 Å². The van der Waals surface area contributed by atoms with Crippen LogP contribution in [0.15, 0.2) is 29.4 Å². The van der Waals surface area contributed by atoms with E-state index in [2.05, 4.69) is 21.0 Å². The minimum atomic E-state index is -1.06. The average molecular weight is 308 g/mol. The van der Waals surface area contributed by atoms with Gasteiger partial charge in [0.25, 0.3) is 0 Å². The van der Waals surface area contributed by atoms with E-state index in [1.807, 2.05) is 11.4 Å². The number of nitrogens with one attached hydrogen (secondary N) is 2. The summed E-state index contributed by atoms with van der Waals surface area (Å²) in [6, 6.07) is 1.80. The van der Waals surface area contributed by atoms with Crippen LogP contribution in [0, 0.1) is 0 Å². The van der Waals surface area contributed by atoms with Crippen LogP contribution < -0.4 is 10.6 Å². The van der Waals surface area contributed by atoms with Gasteiger partial charge >= 0.3 is 12.0 Å². The van der Waals surface area contributed by atoms with E-state index in [9.17, 15) is 9.59 Å². The maximum Gasteiger partial charge on any atom is 0.356 e. The number of amides is 2. The molecule has 2 aromatic rings. The van der Waals surface area contributed by atoms with E-state index in [-0.39, 0.29) is 11.7 Å². The third kappa shape index (κ3) is 4.92. The topological polar surface area (TPSA) is 96.3 Å². The van der Waals surface area contributed by atoms with E-state index in [0.717, 1.165) is 6.42 Å². The normalized spacial score (nSPS) is 10.3. The van der Waals surface area contributed by atoms with Crippen LogP contribution in [-0.4, -0.2) is 39.7 Å². The summed E-state index contributed by atoms with van der Waals surface area (Å²) in [5.74, 6) is -1.06. The molecule has 2 heterocycles. The minimum Gasteiger partial charge on any atom is -0.476 e. The Morgan fingerprint density at radius 1 is 1.33 bits per heavy atom. The van der Waals surface area contributed by atoms with Crippen molar-refractivity contribution in [1.29, 1.82) is 0 Å². The highest BCUT2D eigenvalue weighted by molar-refractivity contribution is 7.07. The first kappa shape index (κ1) is 15.0. The number of thiophene rings is 1. The summed E-state index contributed by atoms with van der Waals surface area (Å²) in [6.45, 7) is 1.45. The van der Waals surface area contributed by atoms with Crippen molar-refractivity contribution in [3.63, 3.8) is 0 Å². The summed E-state index contributed by atoms with van der Waals surface area (Å²) in [4.78, 5) is 25.9. The molecule has 21 heavy (non-hydrogen) atoms. The smallest absolute Gasteiger partial charge is 0.356 e. The fourth-order valence-corrected chi connectivity index (χ4v) is 2.41. The maximum absolute atomic E-state index is 11.5. The van der Waals surface area contributed by atoms with Crippen molar-refractivity contribution in [3.8, 4) is 0 Å². The molecule has 0 saturated heterocycles. The minimum absolute atomic E-state index is 0.00443. The van der Waals surface area contributed by atoms with Crippen LogP contribution in [0.2, 0.25) is 0 Å². The van der Waals surface area contributed by atoms with Gasteiger partial charge in [-0.25, -0.2) is 14.6 Å². The first-order chi connectivity index (χ1) is 10.1. The van der Waals surface area contributed by atoms with Gasteiger partial charge in [-0.1, -0.05) is 0 Å². The number of aromatic carboxylic acids is 1. The zero-order valence-electron chi connectivity index (χ0n) is 11.3. The van der Waals surface area contributed by atoms with Gasteiger partial charge in [0.05, 0.1) is 6.33 Å². The monoisotopic (exact) mass is 308 g/mol. The number of urea groups is 1. The molecule has 3 N–H and O–H groups in total. The molecule has 0 bridgehead atoms. The highest BCUT2D eigenvalue weighted by Gasteiger charge is 2.06. The van der Waals surface area contributed by atoms with E-state index < -0.39 is 5.97 Å². The van der Waals surface area contributed by atoms with Crippen LogP contribution in [0.25, 0.3) is 0 Å². The number of rotatable bonds is 7. The molecule has 7 nitrogen and oxygen atoms in total. The maximum atomic E-state index is 11.5. The largest absolute Gasteiger partial charge is 0.476 e. The van der Waals surface area contributed by atoms with Gasteiger partial charge in [-0.2, -0.15) is 11.3 Å². The number of carboxylic acids is 1. The predicted molar refractivity (Wildman–Crippen MR) is 78.6 cm³/mol. The summed E-state index contributed by atoms with van der Waals surface area (Å²) in [5.41, 5.74) is 1.20. The number of carbonyl (C=O) groups is 2. The molecule has 0 aliphatic heterocycles. The number of carboxylic acid groups (broad SMARTS) is 1. The van der Waals surface area contributed by atoms with E-state index in [1.165, 1.54) is 18.1 Å². The Kier molecular flexibility index (Phi) is 5.33. The number of nitrogens with zero attached hydrogens (tertiary/aromatic N) is 2. The van der Waals surface area contributed by atoms with Crippen LogP contribution in [0.3, 0.4) is 0 Å². The molecule has 0 atom stereocenters. The SMILES string of the molecule is O=C(NCCc1ccsc1)NCCn1cnc(C(=O)O)c1. The van der Waals surface area contributed by atoms with Gasteiger partial charge < -0.3 is 20.3 Å². The highest BCUT2D eigenvalue weighted by Crippen LogP contribution is 2.05. The fourth-order valence-electron chi connectivity index (χ4n) is 1.71. The lowest BCUT2D eigenvalue weighted by Crippen LogP contribution is -2.38. The Bertz CT molecular complexity index is 594. The number of imidazole rings is 1. The Morgan fingerprint density at radius 3 is 2.81 bits per heavy atom. The van der Waals surface area contributed by atoms with Crippen molar-refractivity contribution in [2.45, 2.75) is 13.0 Å². The molecule has 0 saturated carbocycles. The van der Waals surface area contributed by atoms with Gasteiger partial charge in [0.15, 0.2) is 5.69 Å². The summed E-state index contributed by atoms with van der Waals surface area (Å²) >= 11 is 1.64. The molecule has 0 radical (unpaired) electrons. The van der Waals surface area contributed by atoms with Gasteiger partial charge in [-0.05, 0) is 28.8 Å². The molecular weight excluding hydrogens is 292 g/mol. The Morgan fingerprint density at radius 2 is 2.14 bits per heavy atom. The van der Waals surface area contributed by atoms with Gasteiger partial charge in [0, 0.05) is 25.8 Å². The van der Waals surface area contributed by atoms with Gasteiger partial charge in [0.1, 0.15) is 0 Å². The van der Waals surface area contributed by atoms with E-state index in [1.54, 1.807) is 15.9 Å². The first-order valence-electron chi connectivity index (χ1n) is 6.43. The second-order valence-corrected chi connectivity index (χ2v) is 5.15. The third-order valence-corrected chi connectivity index (χ3v) is 3.52. The fraction of sp³-hybridized carbons (Fsp3) is 0.308. The quantitative estimate of drug-likeness (QED) is 0.715. The average Bonchev–Trinajstić information content (AvgIpc) is 3.09. The molecule has 0 fully saturated rings. The van der Waals surface area contributed by atoms with Crippen molar-refractivity contribution in [3.05, 3.63) is 40.6 Å². The van der Waals surface area contributed by atoms with Gasteiger partial charge in [0.2, 0.25) is 0 Å². The molecule has 8 heteroatoms. The summed E-state index contributed by atoms with van der Waals surface area (Å²) in [7, 11) is 0. The zero-order chi connectivity index (χ0) is 15.1. The summed E-state index contributed by atoms with van der Waals surface area (Å²) in [5, 5.41) is 18.3. The molecule has 2 rings (SSSR count). The lowest BCUT2D eigenvalue weighted by Gasteiger charge is -2.07. The van der Waals surface area contributed by atoms with E-state index in [0.29, 0.717) is 19.6 Å². The summed E-state index contributed by atoms with van der Waals surface area (Å²) in [6.07, 6.45) is 3.67. The van der Waals surface area contributed by atoms with Crippen molar-refractivity contribution in [2.75, 3.05) is 13.1 Å². The van der Waals surface area contributed by atoms with Crippen LogP contribution in [0.4, 0.5) is 4.79 Å². The molecule has 0 aliphatic carbocycles. The molecule has 112 valence electrons. The molecule has 0 spiro atoms. The molecule has 0 aliphatic rings. The van der Waals surface area contributed by atoms with Crippen molar-refractivity contribution in [1.82, 2.24) is 20.2 Å². The predicted octanol–water partition coefficient (Wildman–Crippen LogP) is 1.18. The molecule has 0 aromatic carbocycles. The van der Waals surface area contributed by atoms with E-state index in [4.69, 9.17) is 5.11 Å². The number of hydrogen-bond acceptors (Lipinski definition) is 4. The second-order valence-electron chi connectivity index (χ2n) is 4.37. The number of carbonyl (C=O) groups excluding carboxylic acids is 1.